The van der Waals surface area contributed by atoms with E-state index in [0.717, 1.165) is 0 Å². The Labute approximate surface area is 82.3 Å². The molecule has 0 aliphatic rings. The van der Waals surface area contributed by atoms with Crippen molar-refractivity contribution in [3.05, 3.63) is 22.2 Å². The number of carbonyl (C=O) groups is 1. The van der Waals surface area contributed by atoms with Gasteiger partial charge in [-0.25, -0.2) is 0 Å². The van der Waals surface area contributed by atoms with Crippen molar-refractivity contribution in [2.24, 2.45) is 5.92 Å². The molecular formula is C10H15NO3. The largest absolute Gasteiger partial charge is 0.383 e. The van der Waals surface area contributed by atoms with E-state index in [4.69, 9.17) is 4.52 Å². The van der Waals surface area contributed by atoms with Crippen LogP contribution in [0.3, 0.4) is 0 Å². The molecule has 14 heavy (non-hydrogen) atoms. The summed E-state index contributed by atoms with van der Waals surface area (Å²) in [5, 5.41) is 2.24. The van der Waals surface area contributed by atoms with Crippen molar-refractivity contribution in [1.29, 1.82) is 0 Å². The number of nitrogens with one attached hydrogen (secondary N) is 1. The quantitative estimate of drug-likeness (QED) is 0.798. The predicted octanol–water partition coefficient (Wildman–Crippen LogP) is 1.69. The maximum Gasteiger partial charge on any atom is 0.280 e. The summed E-state index contributed by atoms with van der Waals surface area (Å²) in [6.45, 7) is 5.39. The van der Waals surface area contributed by atoms with Crippen LogP contribution in [0, 0.1) is 5.92 Å². The lowest BCUT2D eigenvalue weighted by molar-refractivity contribution is -0.120. The van der Waals surface area contributed by atoms with Crippen molar-refractivity contribution >= 4 is 5.78 Å². The monoisotopic (exact) mass is 197 g/mol. The number of aromatic amines is 1. The van der Waals surface area contributed by atoms with Crippen LogP contribution in [-0.4, -0.2) is 10.9 Å². The lowest BCUT2D eigenvalue weighted by Crippen LogP contribution is -2.09. The molecular weight excluding hydrogens is 182 g/mol. The number of rotatable bonds is 4. The molecule has 1 rings (SSSR count). The number of hydrogen-bond acceptors (Lipinski definition) is 3. The molecule has 0 fully saturated rings. The normalized spacial score (nSPS) is 15.1. The maximum atomic E-state index is 11.0. The van der Waals surface area contributed by atoms with Crippen molar-refractivity contribution in [3.63, 3.8) is 0 Å². The van der Waals surface area contributed by atoms with Crippen molar-refractivity contribution < 1.29 is 9.32 Å². The van der Waals surface area contributed by atoms with E-state index in [1.165, 1.54) is 6.07 Å². The Hall–Kier alpha value is -1.32. The predicted molar refractivity (Wildman–Crippen MR) is 52.2 cm³/mol. The molecule has 1 aromatic heterocycles. The fourth-order valence-electron chi connectivity index (χ4n) is 1.35. The van der Waals surface area contributed by atoms with Crippen LogP contribution in [0.25, 0.3) is 0 Å². The Morgan fingerprint density at radius 2 is 2.21 bits per heavy atom. The third kappa shape index (κ3) is 2.58. The van der Waals surface area contributed by atoms with E-state index in [9.17, 15) is 9.59 Å². The van der Waals surface area contributed by atoms with Crippen molar-refractivity contribution in [3.8, 4) is 0 Å². The van der Waals surface area contributed by atoms with E-state index in [-0.39, 0.29) is 23.2 Å². The van der Waals surface area contributed by atoms with Crippen molar-refractivity contribution in [1.82, 2.24) is 5.16 Å². The molecule has 0 radical (unpaired) electrons. The summed E-state index contributed by atoms with van der Waals surface area (Å²) in [6, 6.07) is 1.43. The molecule has 2 atom stereocenters. The summed E-state index contributed by atoms with van der Waals surface area (Å²) in [6.07, 6.45) is 0.704. The van der Waals surface area contributed by atoms with Crippen LogP contribution in [0.1, 0.15) is 38.9 Å². The van der Waals surface area contributed by atoms with E-state index in [2.05, 4.69) is 5.16 Å². The molecule has 78 valence electrons. The highest BCUT2D eigenvalue weighted by atomic mass is 16.5. The van der Waals surface area contributed by atoms with Gasteiger partial charge in [0, 0.05) is 17.9 Å². The minimum absolute atomic E-state index is 0.00482. The molecule has 1 N–H and O–H groups in total. The Kier molecular flexibility index (Phi) is 3.28. The Bertz CT molecular complexity index is 363. The highest BCUT2D eigenvalue weighted by Crippen LogP contribution is 2.22. The van der Waals surface area contributed by atoms with Crippen LogP contribution >= 0.6 is 0 Å². The summed E-state index contributed by atoms with van der Waals surface area (Å²) in [4.78, 5) is 21.8. The summed E-state index contributed by atoms with van der Waals surface area (Å²) >= 11 is 0. The molecule has 0 aliphatic heterocycles. The highest BCUT2D eigenvalue weighted by Gasteiger charge is 2.16. The van der Waals surface area contributed by atoms with Gasteiger partial charge in [-0.15, -0.1) is 0 Å². The van der Waals surface area contributed by atoms with Gasteiger partial charge in [0.25, 0.3) is 5.56 Å². The molecule has 0 spiro atoms. The number of hydrogen-bond donors (Lipinski definition) is 1. The van der Waals surface area contributed by atoms with Gasteiger partial charge in [0.05, 0.1) is 0 Å². The van der Waals surface area contributed by atoms with Gasteiger partial charge in [-0.05, 0) is 13.3 Å². The molecule has 1 aromatic rings. The molecule has 4 nitrogen and oxygen atoms in total. The van der Waals surface area contributed by atoms with Crippen LogP contribution in [0.4, 0.5) is 0 Å². The Morgan fingerprint density at radius 3 is 2.64 bits per heavy atom. The van der Waals surface area contributed by atoms with E-state index in [1.807, 2.05) is 13.8 Å². The van der Waals surface area contributed by atoms with Crippen LogP contribution in [0.5, 0.6) is 0 Å². The van der Waals surface area contributed by atoms with Crippen molar-refractivity contribution in [2.75, 3.05) is 0 Å². The second-order valence-corrected chi connectivity index (χ2v) is 3.76. The zero-order valence-electron chi connectivity index (χ0n) is 8.66. The van der Waals surface area contributed by atoms with Crippen LogP contribution in [-0.2, 0) is 4.79 Å². The van der Waals surface area contributed by atoms with Crippen LogP contribution < -0.4 is 5.56 Å². The summed E-state index contributed by atoms with van der Waals surface area (Å²) in [5.41, 5.74) is -0.234. The average molecular weight is 197 g/mol. The molecule has 0 aliphatic carbocycles. The summed E-state index contributed by atoms with van der Waals surface area (Å²) < 4.78 is 4.96. The molecule has 1 heterocycles. The van der Waals surface area contributed by atoms with E-state index in [0.29, 0.717) is 12.2 Å². The molecule has 2 unspecified atom stereocenters. The third-order valence-electron chi connectivity index (χ3n) is 2.43. The fourth-order valence-corrected chi connectivity index (χ4v) is 1.35. The Balaban J connectivity index is 2.63. The second kappa shape index (κ2) is 4.26. The van der Waals surface area contributed by atoms with E-state index >= 15 is 0 Å². The number of carbonyl (C=O) groups excluding carboxylic acids is 1. The van der Waals surface area contributed by atoms with Gasteiger partial charge >= 0.3 is 0 Å². The third-order valence-corrected chi connectivity index (χ3v) is 2.43. The minimum Gasteiger partial charge on any atom is -0.383 e. The number of aromatic nitrogens is 1. The van der Waals surface area contributed by atoms with Gasteiger partial charge in [0.2, 0.25) is 0 Å². The lowest BCUT2D eigenvalue weighted by Gasteiger charge is -2.11. The minimum atomic E-state index is -0.234. The topological polar surface area (TPSA) is 63.1 Å². The first-order valence-electron chi connectivity index (χ1n) is 4.69. The maximum absolute atomic E-state index is 11.0. The summed E-state index contributed by atoms with van der Waals surface area (Å²) in [5.74, 6) is 0.871. The molecule has 0 saturated heterocycles. The van der Waals surface area contributed by atoms with Crippen LogP contribution in [0.15, 0.2) is 15.4 Å². The molecule has 0 aromatic carbocycles. The first-order valence-corrected chi connectivity index (χ1v) is 4.69. The number of Topliss-reactive ketones (excluding diaryl/α,β-unsaturated/α-hetero) is 1. The van der Waals surface area contributed by atoms with Crippen LogP contribution in [0.2, 0.25) is 0 Å². The standard InChI is InChI=1S/C10H15NO3/c1-6(8(3)12)4-7(2)9-5-10(13)11-14-9/h5-7H,4H2,1-3H3,(H,11,13). The van der Waals surface area contributed by atoms with E-state index < -0.39 is 0 Å². The van der Waals surface area contributed by atoms with Gasteiger partial charge < -0.3 is 4.52 Å². The zero-order valence-corrected chi connectivity index (χ0v) is 8.66. The molecule has 0 saturated carbocycles. The molecule has 0 bridgehead atoms. The first-order chi connectivity index (χ1) is 6.50. The highest BCUT2D eigenvalue weighted by molar-refractivity contribution is 5.77. The van der Waals surface area contributed by atoms with Gasteiger partial charge in [0.1, 0.15) is 11.5 Å². The summed E-state index contributed by atoms with van der Waals surface area (Å²) in [7, 11) is 0. The SMILES string of the molecule is CC(=O)C(C)CC(C)c1cc(=O)[nH]o1. The zero-order chi connectivity index (χ0) is 10.7. The molecule has 0 amide bonds. The molecule has 4 heteroatoms. The first kappa shape index (κ1) is 10.8. The lowest BCUT2D eigenvalue weighted by atomic mass is 9.93. The number of ketones is 1. The van der Waals surface area contributed by atoms with Crippen molar-refractivity contribution in [2.45, 2.75) is 33.1 Å². The fraction of sp³-hybridized carbons (Fsp3) is 0.600. The van der Waals surface area contributed by atoms with Gasteiger partial charge in [0.15, 0.2) is 0 Å². The Morgan fingerprint density at radius 1 is 1.57 bits per heavy atom. The number of H-pyrrole nitrogens is 1. The van der Waals surface area contributed by atoms with E-state index in [1.54, 1.807) is 6.92 Å². The smallest absolute Gasteiger partial charge is 0.280 e. The second-order valence-electron chi connectivity index (χ2n) is 3.76. The van der Waals surface area contributed by atoms with Gasteiger partial charge in [-0.1, -0.05) is 13.8 Å². The van der Waals surface area contributed by atoms with Gasteiger partial charge in [-0.3, -0.25) is 9.59 Å². The van der Waals surface area contributed by atoms with Gasteiger partial charge in [-0.2, -0.15) is 5.16 Å². The average Bonchev–Trinajstić information content (AvgIpc) is 2.51.